The fraction of sp³-hybridized carbons (Fsp3) is 0.550. The van der Waals surface area contributed by atoms with Crippen molar-refractivity contribution in [1.29, 1.82) is 0 Å². The van der Waals surface area contributed by atoms with Crippen LogP contribution in [0.2, 0.25) is 0 Å². The Hall–Kier alpha value is -2.08. The molecule has 0 unspecified atom stereocenters. The molecular formula is C20H24BF7N2O2. The van der Waals surface area contributed by atoms with Crippen LogP contribution < -0.4 is 5.46 Å². The van der Waals surface area contributed by atoms with E-state index in [1.54, 1.807) is 27.7 Å². The average Bonchev–Trinajstić information content (AvgIpc) is 3.04. The fourth-order valence-corrected chi connectivity index (χ4v) is 3.00. The third-order valence-corrected chi connectivity index (χ3v) is 5.61. The van der Waals surface area contributed by atoms with Crippen molar-refractivity contribution in [2.75, 3.05) is 0 Å². The van der Waals surface area contributed by atoms with Crippen molar-refractivity contribution >= 4 is 12.9 Å². The zero-order valence-electron chi connectivity index (χ0n) is 18.4. The van der Waals surface area contributed by atoms with Crippen LogP contribution in [0.3, 0.4) is 0 Å². The zero-order chi connectivity index (χ0) is 24.9. The van der Waals surface area contributed by atoms with Crippen LogP contribution in [0.25, 0.3) is 5.69 Å². The minimum atomic E-state index is -6.19. The van der Waals surface area contributed by atoms with E-state index in [-0.39, 0.29) is 24.3 Å². The first kappa shape index (κ1) is 26.2. The Balaban J connectivity index is 2.43. The smallest absolute Gasteiger partial charge is 0.427 e. The maximum absolute atomic E-state index is 14.4. The highest BCUT2D eigenvalue weighted by Gasteiger charge is 2.73. The van der Waals surface area contributed by atoms with Crippen LogP contribution in [0.5, 0.6) is 0 Å². The number of halogens is 7. The second kappa shape index (κ2) is 8.05. The standard InChI is InChI=1S/C20H24BF7N2O2/c1-11-7-13(18(22,19(23,24)25)20(26,27)28)8-12(2)15(11)30-10-14(9-29-30)21-32-17(5,6)16(3,4)31/h7-10,21,31H,1-6H3. The van der Waals surface area contributed by atoms with E-state index in [9.17, 15) is 35.8 Å². The number of alkyl halides is 7. The molecular weight excluding hydrogens is 444 g/mol. The quantitative estimate of drug-likeness (QED) is 0.508. The van der Waals surface area contributed by atoms with Crippen LogP contribution in [0.1, 0.15) is 44.4 Å². The van der Waals surface area contributed by atoms with Crippen molar-refractivity contribution in [2.24, 2.45) is 0 Å². The molecule has 1 N–H and O–H groups in total. The summed E-state index contributed by atoms with van der Waals surface area (Å²) in [5.41, 5.74) is -8.39. The summed E-state index contributed by atoms with van der Waals surface area (Å²) in [6.07, 6.45) is -9.46. The number of aliphatic hydroxyl groups is 1. The second-order valence-electron chi connectivity index (χ2n) is 8.76. The van der Waals surface area contributed by atoms with Gasteiger partial charge in [-0.15, -0.1) is 0 Å². The molecule has 2 aromatic rings. The topological polar surface area (TPSA) is 47.3 Å². The van der Waals surface area contributed by atoms with E-state index in [2.05, 4.69) is 5.10 Å². The van der Waals surface area contributed by atoms with E-state index in [1.807, 2.05) is 0 Å². The van der Waals surface area contributed by atoms with E-state index in [0.29, 0.717) is 17.6 Å². The lowest BCUT2D eigenvalue weighted by Gasteiger charge is -2.37. The Labute approximate surface area is 181 Å². The molecule has 178 valence electrons. The number of aromatic nitrogens is 2. The molecule has 0 saturated heterocycles. The molecule has 12 heteroatoms. The summed E-state index contributed by atoms with van der Waals surface area (Å²) in [7, 11) is 0.0446. The van der Waals surface area contributed by atoms with Crippen molar-refractivity contribution in [1.82, 2.24) is 9.78 Å². The highest BCUT2D eigenvalue weighted by atomic mass is 19.4. The fourth-order valence-electron chi connectivity index (χ4n) is 3.00. The maximum atomic E-state index is 14.4. The predicted molar refractivity (Wildman–Crippen MR) is 106 cm³/mol. The molecule has 2 rings (SSSR count). The third kappa shape index (κ3) is 4.66. The van der Waals surface area contributed by atoms with Gasteiger partial charge in [-0.3, -0.25) is 0 Å². The largest absolute Gasteiger partial charge is 0.435 e. The Bertz CT molecular complexity index is 939. The second-order valence-corrected chi connectivity index (χ2v) is 8.76. The first-order chi connectivity index (χ1) is 14.2. The number of aryl methyl sites for hydroxylation is 2. The van der Waals surface area contributed by atoms with Gasteiger partial charge in [0.05, 0.1) is 16.9 Å². The molecule has 0 aliphatic heterocycles. The Morgan fingerprint density at radius 1 is 0.906 bits per heavy atom. The van der Waals surface area contributed by atoms with E-state index < -0.39 is 34.8 Å². The minimum absolute atomic E-state index is 0.0251. The third-order valence-electron chi connectivity index (χ3n) is 5.61. The van der Waals surface area contributed by atoms with Gasteiger partial charge in [-0.05, 0) is 58.1 Å². The lowest BCUT2D eigenvalue weighted by atomic mass is 9.84. The molecule has 0 aliphatic rings. The predicted octanol–water partition coefficient (Wildman–Crippen LogP) is 4.32. The molecule has 0 spiro atoms. The van der Waals surface area contributed by atoms with Crippen molar-refractivity contribution in [3.05, 3.63) is 41.2 Å². The van der Waals surface area contributed by atoms with Gasteiger partial charge in [-0.1, -0.05) is 12.1 Å². The molecule has 0 bridgehead atoms. The van der Waals surface area contributed by atoms with Gasteiger partial charge in [0, 0.05) is 18.0 Å². The minimum Gasteiger partial charge on any atom is -0.427 e. The highest BCUT2D eigenvalue weighted by molar-refractivity contribution is 6.46. The monoisotopic (exact) mass is 468 g/mol. The van der Waals surface area contributed by atoms with Gasteiger partial charge in [-0.2, -0.15) is 31.4 Å². The summed E-state index contributed by atoms with van der Waals surface area (Å²) in [6, 6.07) is 1.05. The number of hydrogen-bond acceptors (Lipinski definition) is 3. The first-order valence-corrected chi connectivity index (χ1v) is 9.56. The molecule has 0 radical (unpaired) electrons. The molecule has 32 heavy (non-hydrogen) atoms. The van der Waals surface area contributed by atoms with Crippen molar-refractivity contribution in [3.63, 3.8) is 0 Å². The van der Waals surface area contributed by atoms with E-state index in [1.165, 1.54) is 30.9 Å². The summed E-state index contributed by atoms with van der Waals surface area (Å²) < 4.78 is 100. The number of benzene rings is 1. The van der Waals surface area contributed by atoms with Crippen LogP contribution in [-0.2, 0) is 10.3 Å². The Morgan fingerprint density at radius 3 is 1.78 bits per heavy atom. The Kier molecular flexibility index (Phi) is 6.59. The molecule has 0 amide bonds. The molecule has 1 aromatic carbocycles. The maximum Gasteiger partial charge on any atom is 0.435 e. The van der Waals surface area contributed by atoms with Crippen molar-refractivity contribution in [3.8, 4) is 5.69 Å². The van der Waals surface area contributed by atoms with Gasteiger partial charge in [0.2, 0.25) is 0 Å². The molecule has 0 atom stereocenters. The lowest BCUT2D eigenvalue weighted by Crippen LogP contribution is -2.50. The highest BCUT2D eigenvalue weighted by Crippen LogP contribution is 2.53. The van der Waals surface area contributed by atoms with Gasteiger partial charge < -0.3 is 9.76 Å². The van der Waals surface area contributed by atoms with Gasteiger partial charge >= 0.3 is 25.5 Å². The van der Waals surface area contributed by atoms with Gasteiger partial charge in [-0.25, -0.2) is 9.07 Å². The van der Waals surface area contributed by atoms with Gasteiger partial charge in [0.1, 0.15) is 0 Å². The molecule has 1 heterocycles. The van der Waals surface area contributed by atoms with Crippen LogP contribution in [0.15, 0.2) is 24.5 Å². The SMILES string of the molecule is Cc1cc(C(F)(C(F)(F)F)C(F)(F)F)cc(C)c1-n1cc(BOC(C)(C)C(C)(C)O)cn1. The van der Waals surface area contributed by atoms with Crippen LogP contribution in [0.4, 0.5) is 30.7 Å². The van der Waals surface area contributed by atoms with Crippen LogP contribution in [-0.4, -0.2) is 45.9 Å². The number of nitrogens with zero attached hydrogens (tertiary/aromatic N) is 2. The van der Waals surface area contributed by atoms with Crippen molar-refractivity contribution < 1.29 is 40.5 Å². The molecule has 1 aromatic heterocycles. The van der Waals surface area contributed by atoms with Gasteiger partial charge in [0.25, 0.3) is 0 Å². The first-order valence-electron chi connectivity index (χ1n) is 9.56. The Morgan fingerprint density at radius 2 is 1.38 bits per heavy atom. The zero-order valence-corrected chi connectivity index (χ0v) is 18.4. The molecule has 0 saturated carbocycles. The summed E-state index contributed by atoms with van der Waals surface area (Å²) >= 11 is 0. The molecule has 0 fully saturated rings. The average molecular weight is 468 g/mol. The van der Waals surface area contributed by atoms with E-state index in [4.69, 9.17) is 4.65 Å². The summed E-state index contributed by atoms with van der Waals surface area (Å²) in [5, 5.41) is 14.2. The number of rotatable bonds is 6. The van der Waals surface area contributed by atoms with E-state index in [0.717, 1.165) is 0 Å². The van der Waals surface area contributed by atoms with Crippen molar-refractivity contribution in [2.45, 2.75) is 70.8 Å². The molecule has 4 nitrogen and oxygen atoms in total. The van der Waals surface area contributed by atoms with Gasteiger partial charge in [0.15, 0.2) is 0 Å². The van der Waals surface area contributed by atoms with Crippen LogP contribution >= 0.6 is 0 Å². The summed E-state index contributed by atoms with van der Waals surface area (Å²) in [5.74, 6) is 0. The normalized spacial score (nSPS) is 14.1. The lowest BCUT2D eigenvalue weighted by molar-refractivity contribution is -0.348. The van der Waals surface area contributed by atoms with E-state index >= 15 is 0 Å². The number of hydrogen-bond donors (Lipinski definition) is 1. The van der Waals surface area contributed by atoms with Crippen LogP contribution in [0, 0.1) is 13.8 Å². The summed E-state index contributed by atoms with van der Waals surface area (Å²) in [6.45, 7) is 9.08. The molecule has 0 aliphatic carbocycles. The summed E-state index contributed by atoms with van der Waals surface area (Å²) in [4.78, 5) is 0.